The third kappa shape index (κ3) is 5.99. The molecule has 1 aliphatic rings. The molecule has 0 saturated carbocycles. The molecule has 1 aliphatic heterocycles. The number of hydrogen-bond donors (Lipinski definition) is 0. The van der Waals surface area contributed by atoms with Gasteiger partial charge in [0.05, 0.1) is 0 Å². The van der Waals surface area contributed by atoms with Crippen molar-refractivity contribution in [3.8, 4) is 6.07 Å². The predicted molar refractivity (Wildman–Crippen MR) is 107 cm³/mol. The summed E-state index contributed by atoms with van der Waals surface area (Å²) in [4.78, 5) is 31.6. The minimum absolute atomic E-state index is 0.144. The van der Waals surface area contributed by atoms with Gasteiger partial charge in [0.25, 0.3) is 0 Å². The molecule has 0 aromatic carbocycles. The number of aromatic nitrogens is 1. The van der Waals surface area contributed by atoms with E-state index in [1.54, 1.807) is 6.07 Å². The Morgan fingerprint density at radius 1 is 1.41 bits per heavy atom. The van der Waals surface area contributed by atoms with E-state index < -0.39 is 41.7 Å². The lowest BCUT2D eigenvalue weighted by molar-refractivity contribution is -0.195. The Balaban J connectivity index is 2.37. The minimum atomic E-state index is -0.859. The number of nitrogens with zero attached hydrogens (tertiary/aromatic N) is 3. The minimum Gasteiger partial charge on any atom is -0.463 e. The Morgan fingerprint density at radius 3 is 2.69 bits per heavy atom. The average Bonchev–Trinajstić information content (AvgIpc) is 2.66. The number of carbonyl (C=O) groups is 2. The second-order valence-electron chi connectivity index (χ2n) is 6.02. The van der Waals surface area contributed by atoms with Crippen molar-refractivity contribution < 1.29 is 28.5 Å². The summed E-state index contributed by atoms with van der Waals surface area (Å²) in [5.41, 5.74) is -0.440. The van der Waals surface area contributed by atoms with Crippen LogP contribution in [-0.2, 0) is 28.5 Å². The van der Waals surface area contributed by atoms with E-state index in [4.69, 9.17) is 18.9 Å². The van der Waals surface area contributed by atoms with Crippen LogP contribution in [0.4, 0.5) is 0 Å². The highest BCUT2D eigenvalue weighted by Gasteiger charge is 2.49. The molecule has 1 aromatic heterocycles. The molecule has 156 valence electrons. The van der Waals surface area contributed by atoms with E-state index in [2.05, 4.69) is 32.6 Å². The van der Waals surface area contributed by atoms with Crippen molar-refractivity contribution in [2.45, 2.75) is 48.5 Å². The summed E-state index contributed by atoms with van der Waals surface area (Å²) < 4.78 is 22.8. The van der Waals surface area contributed by atoms with Gasteiger partial charge < -0.3 is 18.9 Å². The summed E-state index contributed by atoms with van der Waals surface area (Å²) >= 11 is 4.55. The molecule has 1 fully saturated rings. The van der Waals surface area contributed by atoms with Crippen molar-refractivity contribution in [2.24, 2.45) is 4.99 Å². The molecule has 9 nitrogen and oxygen atoms in total. The lowest BCUT2D eigenvalue weighted by Crippen LogP contribution is -2.59. The van der Waals surface area contributed by atoms with Crippen LogP contribution >= 0.6 is 27.7 Å². The van der Waals surface area contributed by atoms with Crippen LogP contribution in [-0.4, -0.2) is 67.1 Å². The standard InChI is InChI=1S/C18H20BrN3O6S/c1-9(23)26-8-13-16(27-10(2)24)15(21-3)17(25-4)18(28-13)29-14-5-11(19)7-22-12(14)6-20/h5,7,13,15-18H,3,8H2,1-2,4H3/t13?,15?,16-,17?,18+/m0/s1. The number of nitriles is 1. The number of thioether (sulfide) groups is 1. The Bertz CT molecular complexity index is 817. The van der Waals surface area contributed by atoms with Crippen LogP contribution in [0, 0.1) is 11.3 Å². The maximum absolute atomic E-state index is 11.6. The first-order valence-corrected chi connectivity index (χ1v) is 10.1. The number of pyridine rings is 1. The lowest BCUT2D eigenvalue weighted by Gasteiger charge is -2.43. The molecular weight excluding hydrogens is 466 g/mol. The van der Waals surface area contributed by atoms with Crippen LogP contribution in [0.1, 0.15) is 19.5 Å². The van der Waals surface area contributed by atoms with Crippen molar-refractivity contribution in [3.63, 3.8) is 0 Å². The number of methoxy groups -OCH3 is 1. The van der Waals surface area contributed by atoms with E-state index in [1.807, 2.05) is 6.07 Å². The Kier molecular flexibility index (Phi) is 8.58. The SMILES string of the molecule is C=NC1C(OC)[C@@H](Sc2cc(Br)cnc2C#N)OC(COC(C)=O)[C@@H]1OC(C)=O. The van der Waals surface area contributed by atoms with Crippen molar-refractivity contribution in [1.82, 2.24) is 4.98 Å². The van der Waals surface area contributed by atoms with Crippen LogP contribution in [0.15, 0.2) is 26.6 Å². The fraction of sp³-hybridized carbons (Fsp3) is 0.500. The third-order valence-corrected chi connectivity index (χ3v) is 5.63. The summed E-state index contributed by atoms with van der Waals surface area (Å²) in [5, 5.41) is 9.34. The monoisotopic (exact) mass is 485 g/mol. The molecule has 0 bridgehead atoms. The number of ether oxygens (including phenoxy) is 4. The van der Waals surface area contributed by atoms with Gasteiger partial charge in [0.15, 0.2) is 11.8 Å². The lowest BCUT2D eigenvalue weighted by atomic mass is 9.97. The Labute approximate surface area is 180 Å². The first kappa shape index (κ1) is 23.3. The fourth-order valence-electron chi connectivity index (χ4n) is 2.84. The van der Waals surface area contributed by atoms with E-state index in [1.165, 1.54) is 38.9 Å². The molecule has 29 heavy (non-hydrogen) atoms. The van der Waals surface area contributed by atoms with Crippen molar-refractivity contribution in [2.75, 3.05) is 13.7 Å². The summed E-state index contributed by atoms with van der Waals surface area (Å²) in [6.45, 7) is 5.98. The van der Waals surface area contributed by atoms with Crippen LogP contribution < -0.4 is 0 Å². The molecule has 0 amide bonds. The van der Waals surface area contributed by atoms with Crippen molar-refractivity contribution >= 4 is 46.3 Å². The zero-order valence-corrected chi connectivity index (χ0v) is 18.4. The van der Waals surface area contributed by atoms with Crippen molar-refractivity contribution in [3.05, 3.63) is 22.4 Å². The smallest absolute Gasteiger partial charge is 0.303 e. The third-order valence-electron chi connectivity index (χ3n) is 4.02. The average molecular weight is 486 g/mol. The van der Waals surface area contributed by atoms with Crippen LogP contribution in [0.2, 0.25) is 0 Å². The normalized spacial score (nSPS) is 26.2. The van der Waals surface area contributed by atoms with Gasteiger partial charge >= 0.3 is 11.9 Å². The van der Waals surface area contributed by atoms with E-state index >= 15 is 0 Å². The number of aliphatic imine (C=N–C) groups is 1. The molecule has 2 rings (SSSR count). The van der Waals surface area contributed by atoms with E-state index in [-0.39, 0.29) is 12.3 Å². The van der Waals surface area contributed by atoms with Gasteiger partial charge in [0.1, 0.15) is 36.4 Å². The van der Waals surface area contributed by atoms with Crippen LogP contribution in [0.3, 0.4) is 0 Å². The molecule has 3 unspecified atom stereocenters. The molecule has 1 saturated heterocycles. The summed E-state index contributed by atoms with van der Waals surface area (Å²) in [6.07, 6.45) is -0.789. The maximum Gasteiger partial charge on any atom is 0.303 e. The molecule has 2 heterocycles. The summed E-state index contributed by atoms with van der Waals surface area (Å²) in [7, 11) is 1.47. The number of esters is 2. The van der Waals surface area contributed by atoms with Crippen LogP contribution in [0.25, 0.3) is 0 Å². The number of rotatable bonds is 7. The topological polar surface area (TPSA) is 120 Å². The Hall–Kier alpha value is -2.00. The number of hydrogen-bond acceptors (Lipinski definition) is 10. The van der Waals surface area contributed by atoms with Gasteiger partial charge in [-0.05, 0) is 28.7 Å². The van der Waals surface area contributed by atoms with Gasteiger partial charge in [-0.25, -0.2) is 4.98 Å². The number of halogens is 1. The highest BCUT2D eigenvalue weighted by Crippen LogP contribution is 2.38. The van der Waals surface area contributed by atoms with E-state index in [0.717, 1.165) is 0 Å². The first-order valence-electron chi connectivity index (χ1n) is 8.47. The predicted octanol–water partition coefficient (Wildman–Crippen LogP) is 2.11. The zero-order chi connectivity index (χ0) is 21.6. The zero-order valence-electron chi connectivity index (χ0n) is 16.0. The summed E-state index contributed by atoms with van der Waals surface area (Å²) in [5.74, 6) is -1.04. The molecule has 5 atom stereocenters. The highest BCUT2D eigenvalue weighted by atomic mass is 79.9. The molecule has 1 aromatic rings. The van der Waals surface area contributed by atoms with Crippen LogP contribution in [0.5, 0.6) is 0 Å². The quantitative estimate of drug-likeness (QED) is 0.422. The summed E-state index contributed by atoms with van der Waals surface area (Å²) in [6, 6.07) is 3.09. The molecule has 11 heteroatoms. The van der Waals surface area contributed by atoms with Gasteiger partial charge in [-0.1, -0.05) is 11.8 Å². The maximum atomic E-state index is 11.6. The van der Waals surface area contributed by atoms with Gasteiger partial charge in [0.2, 0.25) is 0 Å². The second kappa shape index (κ2) is 10.7. The Morgan fingerprint density at radius 2 is 2.14 bits per heavy atom. The van der Waals surface area contributed by atoms with Crippen molar-refractivity contribution in [1.29, 1.82) is 5.26 Å². The first-order chi connectivity index (χ1) is 13.8. The molecule has 0 aliphatic carbocycles. The molecular formula is C18H20BrN3O6S. The molecule has 0 spiro atoms. The van der Waals surface area contributed by atoms with E-state index in [0.29, 0.717) is 9.37 Å². The second-order valence-corrected chi connectivity index (χ2v) is 8.08. The molecule has 0 radical (unpaired) electrons. The molecule has 0 N–H and O–H groups in total. The fourth-order valence-corrected chi connectivity index (χ4v) is 4.58. The van der Waals surface area contributed by atoms with Gasteiger partial charge in [-0.2, -0.15) is 5.26 Å². The van der Waals surface area contributed by atoms with Gasteiger partial charge in [0, 0.05) is 36.5 Å². The van der Waals surface area contributed by atoms with E-state index in [9.17, 15) is 14.9 Å². The van der Waals surface area contributed by atoms with Gasteiger partial charge in [-0.3, -0.25) is 14.6 Å². The largest absolute Gasteiger partial charge is 0.463 e. The highest BCUT2D eigenvalue weighted by molar-refractivity contribution is 9.10. The number of carbonyl (C=O) groups excluding carboxylic acids is 2. The van der Waals surface area contributed by atoms with Gasteiger partial charge in [-0.15, -0.1) is 0 Å².